The van der Waals surface area contributed by atoms with Crippen LogP contribution in [-0.4, -0.2) is 67.0 Å². The van der Waals surface area contributed by atoms with Gasteiger partial charge in [-0.15, -0.1) is 0 Å². The van der Waals surface area contributed by atoms with Crippen LogP contribution in [0.5, 0.6) is 0 Å². The van der Waals surface area contributed by atoms with Gasteiger partial charge in [-0.3, -0.25) is 24.0 Å². The van der Waals surface area contributed by atoms with Crippen LogP contribution < -0.4 is 5.32 Å². The van der Waals surface area contributed by atoms with Crippen molar-refractivity contribution in [3.8, 4) is 0 Å². The number of hydrogen-bond acceptors (Lipinski definition) is 10. The quantitative estimate of drug-likeness (QED) is 0.453. The van der Waals surface area contributed by atoms with Gasteiger partial charge in [-0.05, 0) is 0 Å². The summed E-state index contributed by atoms with van der Waals surface area (Å²) in [4.78, 5) is 57.2. The number of rotatable bonds is 6. The van der Waals surface area contributed by atoms with Crippen LogP contribution in [0, 0.1) is 0 Å². The molecule has 1 saturated heterocycles. The highest BCUT2D eigenvalue weighted by Crippen LogP contribution is 2.28. The van der Waals surface area contributed by atoms with Crippen molar-refractivity contribution < 1.29 is 47.7 Å². The number of nitrogens with one attached hydrogen (secondary N) is 1. The summed E-state index contributed by atoms with van der Waals surface area (Å²) >= 11 is 0. The average molecular weight is 389 g/mol. The minimum absolute atomic E-state index is 0.365. The van der Waals surface area contributed by atoms with Crippen LogP contribution in [0.1, 0.15) is 34.6 Å². The second kappa shape index (κ2) is 9.86. The molecule has 0 aliphatic carbocycles. The number of amides is 1. The number of carbonyl (C=O) groups excluding carboxylic acids is 5. The van der Waals surface area contributed by atoms with Crippen molar-refractivity contribution in [2.75, 3.05) is 6.61 Å². The fourth-order valence-corrected chi connectivity index (χ4v) is 2.55. The predicted molar refractivity (Wildman–Crippen MR) is 85.8 cm³/mol. The summed E-state index contributed by atoms with van der Waals surface area (Å²) in [6, 6.07) is -1.16. The van der Waals surface area contributed by atoms with Crippen LogP contribution in [0.4, 0.5) is 0 Å². The summed E-state index contributed by atoms with van der Waals surface area (Å²) in [5, 5.41) is 2.46. The monoisotopic (exact) mass is 389 g/mol. The molecule has 1 aliphatic rings. The molecule has 0 aromatic heterocycles. The van der Waals surface area contributed by atoms with Crippen LogP contribution in [-0.2, 0) is 47.7 Å². The molecule has 11 nitrogen and oxygen atoms in total. The zero-order chi connectivity index (χ0) is 20.7. The zero-order valence-corrected chi connectivity index (χ0v) is 15.7. The largest absolute Gasteiger partial charge is 0.463 e. The number of carbonyl (C=O) groups is 5. The Morgan fingerprint density at radius 1 is 0.778 bits per heavy atom. The lowest BCUT2D eigenvalue weighted by atomic mass is 9.96. The standard InChI is InChI=1S/C16H23NO10/c1-7(18)17-13-15(25-10(4)21)14(24-9(3)20)12(6-23-8(2)19)27-16(13)26-11(5)22/h12-16H,6H2,1-5H3,(H,17,18)/t12-,13-,14-,15+,16+/m0/s1. The third-order valence-electron chi connectivity index (χ3n) is 3.35. The molecule has 1 N–H and O–H groups in total. The summed E-state index contributed by atoms with van der Waals surface area (Å²) in [6.45, 7) is 5.36. The van der Waals surface area contributed by atoms with E-state index in [1.165, 1.54) is 6.92 Å². The number of hydrogen-bond donors (Lipinski definition) is 1. The lowest BCUT2D eigenvalue weighted by Crippen LogP contribution is -2.66. The van der Waals surface area contributed by atoms with E-state index < -0.39 is 60.4 Å². The van der Waals surface area contributed by atoms with E-state index in [4.69, 9.17) is 23.7 Å². The second-order valence-corrected chi connectivity index (χ2v) is 5.83. The van der Waals surface area contributed by atoms with Crippen LogP contribution in [0.15, 0.2) is 0 Å². The summed E-state index contributed by atoms with van der Waals surface area (Å²) in [7, 11) is 0. The first-order valence-corrected chi connectivity index (χ1v) is 8.08. The van der Waals surface area contributed by atoms with Crippen LogP contribution in [0.3, 0.4) is 0 Å². The van der Waals surface area contributed by atoms with E-state index in [0.29, 0.717) is 0 Å². The molecule has 0 aromatic carbocycles. The maximum absolute atomic E-state index is 11.6. The Morgan fingerprint density at radius 2 is 1.30 bits per heavy atom. The topological polar surface area (TPSA) is 144 Å². The van der Waals surface area contributed by atoms with Gasteiger partial charge < -0.3 is 29.0 Å². The van der Waals surface area contributed by atoms with Crippen molar-refractivity contribution in [2.45, 2.75) is 65.3 Å². The normalized spacial score (nSPS) is 27.1. The van der Waals surface area contributed by atoms with Gasteiger partial charge in [-0.1, -0.05) is 0 Å². The maximum Gasteiger partial charge on any atom is 0.305 e. The van der Waals surface area contributed by atoms with Gasteiger partial charge in [0.25, 0.3) is 0 Å². The van der Waals surface area contributed by atoms with Gasteiger partial charge in [0, 0.05) is 34.6 Å². The average Bonchev–Trinajstić information content (AvgIpc) is 2.49. The Bertz CT molecular complexity index is 604. The molecule has 0 spiro atoms. The van der Waals surface area contributed by atoms with E-state index in [-0.39, 0.29) is 6.61 Å². The Balaban J connectivity index is 3.29. The molecule has 0 aromatic rings. The molecule has 1 rings (SSSR count). The molecule has 0 unspecified atom stereocenters. The van der Waals surface area contributed by atoms with Crippen molar-refractivity contribution >= 4 is 29.8 Å². The summed E-state index contributed by atoms with van der Waals surface area (Å²) < 4.78 is 25.9. The van der Waals surface area contributed by atoms with E-state index in [2.05, 4.69) is 5.32 Å². The highest BCUT2D eigenvalue weighted by molar-refractivity contribution is 5.74. The smallest absolute Gasteiger partial charge is 0.305 e. The lowest BCUT2D eigenvalue weighted by molar-refractivity contribution is -0.270. The van der Waals surface area contributed by atoms with Crippen LogP contribution in [0.2, 0.25) is 0 Å². The van der Waals surface area contributed by atoms with Gasteiger partial charge in [-0.2, -0.15) is 0 Å². The van der Waals surface area contributed by atoms with Crippen molar-refractivity contribution in [3.05, 3.63) is 0 Å². The molecule has 0 radical (unpaired) electrons. The molecule has 1 amide bonds. The summed E-state index contributed by atoms with van der Waals surface area (Å²) in [6.07, 6.45) is -4.97. The fraction of sp³-hybridized carbons (Fsp3) is 0.688. The molecular weight excluding hydrogens is 366 g/mol. The predicted octanol–water partition coefficient (Wildman–Crippen LogP) is -0.794. The highest BCUT2D eigenvalue weighted by Gasteiger charge is 2.52. The first-order chi connectivity index (χ1) is 12.5. The van der Waals surface area contributed by atoms with E-state index >= 15 is 0 Å². The Hall–Kier alpha value is -2.69. The minimum atomic E-state index is -1.37. The van der Waals surface area contributed by atoms with Crippen LogP contribution in [0.25, 0.3) is 0 Å². The van der Waals surface area contributed by atoms with E-state index in [0.717, 1.165) is 27.7 Å². The molecule has 152 valence electrons. The van der Waals surface area contributed by atoms with Gasteiger partial charge in [0.15, 0.2) is 12.2 Å². The summed E-state index contributed by atoms with van der Waals surface area (Å²) in [5.41, 5.74) is 0. The first-order valence-electron chi connectivity index (χ1n) is 8.08. The second-order valence-electron chi connectivity index (χ2n) is 5.83. The third-order valence-corrected chi connectivity index (χ3v) is 3.35. The van der Waals surface area contributed by atoms with Gasteiger partial charge in [0.1, 0.15) is 18.8 Å². The van der Waals surface area contributed by atoms with Crippen molar-refractivity contribution in [2.24, 2.45) is 0 Å². The van der Waals surface area contributed by atoms with E-state index in [9.17, 15) is 24.0 Å². The van der Waals surface area contributed by atoms with Gasteiger partial charge in [0.2, 0.25) is 12.2 Å². The Morgan fingerprint density at radius 3 is 1.74 bits per heavy atom. The Kier molecular flexibility index (Phi) is 8.16. The molecule has 1 heterocycles. The molecule has 0 bridgehead atoms. The zero-order valence-electron chi connectivity index (χ0n) is 15.7. The first kappa shape index (κ1) is 22.4. The SMILES string of the molecule is CC(=O)N[C@@H]1[C@H](OC(C)=O)O[C@@H](COC(C)=O)[C@H](OC(C)=O)[C@@H]1OC(C)=O. The molecule has 1 fully saturated rings. The lowest BCUT2D eigenvalue weighted by Gasteiger charge is -2.44. The number of ether oxygens (including phenoxy) is 5. The van der Waals surface area contributed by atoms with Gasteiger partial charge >= 0.3 is 23.9 Å². The van der Waals surface area contributed by atoms with Crippen molar-refractivity contribution in [1.29, 1.82) is 0 Å². The van der Waals surface area contributed by atoms with Gasteiger partial charge in [-0.25, -0.2) is 0 Å². The summed E-state index contributed by atoms with van der Waals surface area (Å²) in [5.74, 6) is -3.34. The molecular formula is C16H23NO10. The molecule has 1 aliphatic heterocycles. The van der Waals surface area contributed by atoms with E-state index in [1.807, 2.05) is 0 Å². The fourth-order valence-electron chi connectivity index (χ4n) is 2.55. The maximum atomic E-state index is 11.6. The van der Waals surface area contributed by atoms with Gasteiger partial charge in [0.05, 0.1) is 0 Å². The number of esters is 4. The minimum Gasteiger partial charge on any atom is -0.463 e. The molecule has 11 heteroatoms. The van der Waals surface area contributed by atoms with E-state index in [1.54, 1.807) is 0 Å². The Labute approximate surface area is 155 Å². The molecule has 27 heavy (non-hydrogen) atoms. The van der Waals surface area contributed by atoms with Crippen molar-refractivity contribution in [1.82, 2.24) is 5.32 Å². The molecule has 0 saturated carbocycles. The highest BCUT2D eigenvalue weighted by atomic mass is 16.7. The molecule has 5 atom stereocenters. The van der Waals surface area contributed by atoms with Crippen LogP contribution >= 0.6 is 0 Å². The van der Waals surface area contributed by atoms with Crippen molar-refractivity contribution in [3.63, 3.8) is 0 Å². The third kappa shape index (κ3) is 7.21.